The Hall–Kier alpha value is -9.66. The van der Waals surface area contributed by atoms with E-state index in [9.17, 15) is 23.9 Å². The summed E-state index contributed by atoms with van der Waals surface area (Å²) in [5, 5.41) is 16.4. The van der Waals surface area contributed by atoms with E-state index in [1.165, 1.54) is 57.5 Å². The van der Waals surface area contributed by atoms with Crippen molar-refractivity contribution >= 4 is 78.6 Å². The van der Waals surface area contributed by atoms with Gasteiger partial charge in [0, 0.05) is 50.0 Å². The number of hydrogen-bond acceptors (Lipinski definition) is 15. The Labute approximate surface area is 627 Å². The fraction of sp³-hybridized carbons (Fsp3) is 0.241. The van der Waals surface area contributed by atoms with E-state index in [2.05, 4.69) is 139 Å². The molecule has 2 aliphatic heterocycles. The summed E-state index contributed by atoms with van der Waals surface area (Å²) in [4.78, 5) is 68.5. The molecule has 0 unspecified atom stereocenters. The number of anilines is 2. The molecule has 3 aliphatic rings. The van der Waals surface area contributed by atoms with E-state index in [-0.39, 0.29) is 52.5 Å². The van der Waals surface area contributed by atoms with E-state index >= 15 is 0 Å². The molecule has 0 spiro atoms. The van der Waals surface area contributed by atoms with Gasteiger partial charge in [0.15, 0.2) is 11.6 Å². The minimum absolute atomic E-state index is 0. The van der Waals surface area contributed by atoms with Gasteiger partial charge in [-0.05, 0) is 143 Å². The van der Waals surface area contributed by atoms with Crippen LogP contribution in [0.15, 0.2) is 241 Å². The molecule has 16 nitrogen and oxygen atoms in total. The Morgan fingerprint density at radius 2 is 0.716 bits per heavy atom. The van der Waals surface area contributed by atoms with Crippen LogP contribution in [0.3, 0.4) is 0 Å². The molecule has 3 aromatic heterocycles. The number of aromatic carboxylic acids is 1. The van der Waals surface area contributed by atoms with Gasteiger partial charge in [0.25, 0.3) is 0 Å². The number of methoxy groups -OCH3 is 2. The fourth-order valence-electron chi connectivity index (χ4n) is 13.0. The number of fused-ring (bicyclic) bond motifs is 3. The number of nitrogens with zero attached hydrogens (tertiary/aromatic N) is 8. The maximum Gasteiger partial charge on any atom is 1.00 e. The minimum Gasteiger partial charge on any atom is -0.870 e. The molecule has 3 fully saturated rings. The second-order valence-corrected chi connectivity index (χ2v) is 25.0. The van der Waals surface area contributed by atoms with Gasteiger partial charge in [0.2, 0.25) is 0 Å². The average Bonchev–Trinajstić information content (AvgIpc) is 0.783. The third kappa shape index (κ3) is 20.1. The normalized spacial score (nSPS) is 13.7. The van der Waals surface area contributed by atoms with Crippen LogP contribution in [0.5, 0.6) is 0 Å². The largest absolute Gasteiger partial charge is 1.00 e. The molecule has 3 N–H and O–H groups in total. The second kappa shape index (κ2) is 39.5. The standard InChI is InChI=1S/C27H25N3O2.C26H23N3O2.C16H11BrN2O2.C12H16.CH3F.CH4O.Na.H2O/c1-32-27(31)22-12-13-23-24(18-22)29-26(25(28-23)21-10-6-3-7-11-21)30-16-14-20(15-17-30)19-8-4-2-5-9-19;30-26(31)21-11-12-22-23(17-21)28-25(24(27-22)20-9-5-2-6-10-20)29-15-13-19(14-16-29)18-7-3-1-4-8-18;1-21-16(20)11-7-8-12-13(9-11)19-15(17)14(18-12)10-5-3-2-4-6-10;1-3-7-11(8-4-1)12-9-5-2-6-10-12;2*1-2;;/h2-13,18,20H,14-17H2,1H3;1-12,17,19H,13-16H2,(H,30,31);2-9H,1H3;1,3-4,7-8,12H,2,5-6,9-10H2;1H3;2H,1H3;;1H2/q;;;;;;+1;/p-1/i;;;;1D;;;. The number of aliphatic hydroxyl groups is 1. The maximum atomic E-state index is 12.0. The van der Waals surface area contributed by atoms with Gasteiger partial charge in [0.1, 0.15) is 21.7 Å². The van der Waals surface area contributed by atoms with Crippen LogP contribution in [0.4, 0.5) is 16.0 Å². The van der Waals surface area contributed by atoms with Gasteiger partial charge in [-0.1, -0.05) is 201 Å². The molecular formula is C83H83BrFN8NaO8. The minimum atomic E-state index is -1.00. The molecule has 0 radical (unpaired) electrons. The molecule has 0 atom stereocenters. The fourth-order valence-corrected chi connectivity index (χ4v) is 13.5. The maximum absolute atomic E-state index is 12.0. The van der Waals surface area contributed by atoms with E-state index in [1.54, 1.807) is 54.1 Å². The number of esters is 2. The quantitative estimate of drug-likeness (QED) is 0.0907. The first-order valence-corrected chi connectivity index (χ1v) is 34.4. The number of carbonyl (C=O) groups excluding carboxylic acids is 2. The van der Waals surface area contributed by atoms with Crippen LogP contribution in [0.1, 0.15) is 125 Å². The molecule has 15 rings (SSSR count). The van der Waals surface area contributed by atoms with E-state index in [4.69, 9.17) is 35.9 Å². The van der Waals surface area contributed by atoms with Gasteiger partial charge in [-0.25, -0.2) is 44.3 Å². The number of piperidine rings is 2. The predicted molar refractivity (Wildman–Crippen MR) is 403 cm³/mol. The second-order valence-electron chi connectivity index (χ2n) is 24.2. The van der Waals surface area contributed by atoms with Gasteiger partial charge in [0.05, 0.1) is 72.5 Å². The number of hydrogen-bond donors (Lipinski definition) is 2. The van der Waals surface area contributed by atoms with E-state index in [1.807, 2.05) is 84.9 Å². The number of ether oxygens (including phenoxy) is 2. The first-order valence-electron chi connectivity index (χ1n) is 34.3. The molecule has 12 aromatic rings. The molecule has 1 aliphatic carbocycles. The Morgan fingerprint density at radius 1 is 0.422 bits per heavy atom. The summed E-state index contributed by atoms with van der Waals surface area (Å²) in [6.45, 7) is 3.60. The van der Waals surface area contributed by atoms with Crippen LogP contribution in [-0.4, -0.2) is 118 Å². The van der Waals surface area contributed by atoms with E-state index < -0.39 is 13.1 Å². The summed E-state index contributed by atoms with van der Waals surface area (Å²) in [6.07, 6.45) is 11.4. The van der Waals surface area contributed by atoms with Crippen LogP contribution in [0, 0.1) is 0 Å². The number of aliphatic hydroxyl groups excluding tert-OH is 1. The van der Waals surface area contributed by atoms with Gasteiger partial charge >= 0.3 is 47.5 Å². The number of aromatic nitrogens is 6. The summed E-state index contributed by atoms with van der Waals surface area (Å²) in [6, 6.07) is 77.9. The molecule has 0 bridgehead atoms. The van der Waals surface area contributed by atoms with Crippen molar-refractivity contribution in [2.45, 2.75) is 75.5 Å². The third-order valence-electron chi connectivity index (χ3n) is 18.2. The molecule has 102 heavy (non-hydrogen) atoms. The SMILES string of the molecule is CO.COC(=O)c1ccc2nc(-c3ccccc3)c(Br)nc2c1.COC(=O)c1ccc2nc(-c3ccccc3)c(N3CCC(c4ccccc4)CC3)nc2c1.O=C(O)c1ccc2nc(-c3ccccc3)c(N3CCC(c4ccccc4)CC3)nc2c1.[2H]CF.[Na+].[OH-].c1ccc(C2CCCCC2)cc1. The molecule has 0 amide bonds. The first kappa shape index (κ1) is 76.5. The summed E-state index contributed by atoms with van der Waals surface area (Å²) in [5.74, 6) is 1.95. The van der Waals surface area contributed by atoms with Crippen LogP contribution >= 0.6 is 15.9 Å². The Kier molecular flexibility index (Phi) is 29.6. The number of carbonyl (C=O) groups is 3. The Bertz CT molecular complexity index is 4640. The number of alkyl halides is 1. The first-order chi connectivity index (χ1) is 49.5. The Balaban J connectivity index is 0.000000177. The molecule has 19 heteroatoms. The van der Waals surface area contributed by atoms with Crippen molar-refractivity contribution in [3.05, 3.63) is 275 Å². The molecule has 5 heterocycles. The number of halogens is 2. The van der Waals surface area contributed by atoms with Crippen LogP contribution in [0.2, 0.25) is 0 Å². The summed E-state index contributed by atoms with van der Waals surface area (Å²) < 4.78 is 25.7. The van der Waals surface area contributed by atoms with Gasteiger partial charge < -0.3 is 35.0 Å². The number of rotatable bonds is 11. The molecule has 518 valence electrons. The van der Waals surface area contributed by atoms with Crippen LogP contribution in [0.25, 0.3) is 66.9 Å². The van der Waals surface area contributed by atoms with Crippen molar-refractivity contribution in [3.63, 3.8) is 0 Å². The van der Waals surface area contributed by atoms with Crippen LogP contribution < -0.4 is 39.4 Å². The third-order valence-corrected chi connectivity index (χ3v) is 18.7. The molecule has 9 aromatic carbocycles. The number of carboxylic acids is 1. The van der Waals surface area contributed by atoms with E-state index in [0.29, 0.717) is 49.6 Å². The van der Waals surface area contributed by atoms with Gasteiger partial charge in [-0.2, -0.15) is 0 Å². The molecule has 1 saturated carbocycles. The predicted octanol–water partition coefficient (Wildman–Crippen LogP) is 15.4. The summed E-state index contributed by atoms with van der Waals surface area (Å²) in [5.41, 5.74) is 15.2. The van der Waals surface area contributed by atoms with Gasteiger partial charge in [-0.15, -0.1) is 0 Å². The summed E-state index contributed by atoms with van der Waals surface area (Å²) in [7, 11) is 2.74. The van der Waals surface area contributed by atoms with Gasteiger partial charge in [-0.3, -0.25) is 4.39 Å². The number of carboxylic acid groups (broad SMARTS) is 1. The Morgan fingerprint density at radius 3 is 1.06 bits per heavy atom. The van der Waals surface area contributed by atoms with Crippen LogP contribution in [-0.2, 0) is 9.47 Å². The molecular weight excluding hydrogens is 1360 g/mol. The zero-order chi connectivity index (χ0) is 70.9. The zero-order valence-electron chi connectivity index (χ0n) is 58.9. The average molecular weight is 1440 g/mol. The number of benzene rings is 9. The van der Waals surface area contributed by atoms with Crippen molar-refractivity contribution < 1.29 is 74.9 Å². The van der Waals surface area contributed by atoms with Crippen molar-refractivity contribution in [1.82, 2.24) is 29.9 Å². The van der Waals surface area contributed by atoms with Crippen molar-refractivity contribution in [2.24, 2.45) is 0 Å². The van der Waals surface area contributed by atoms with Crippen molar-refractivity contribution in [1.29, 1.82) is 0 Å². The zero-order valence-corrected chi connectivity index (χ0v) is 61.5. The van der Waals surface area contributed by atoms with E-state index in [0.717, 1.165) is 121 Å². The molecule has 2 saturated heterocycles. The smallest absolute Gasteiger partial charge is 0.870 e. The summed E-state index contributed by atoms with van der Waals surface area (Å²) >= 11 is 3.44. The monoisotopic (exact) mass is 1440 g/mol. The van der Waals surface area contributed by atoms with Crippen molar-refractivity contribution in [2.75, 3.05) is 64.5 Å². The topological polar surface area (TPSA) is 224 Å². The van der Waals surface area contributed by atoms with Crippen molar-refractivity contribution in [3.8, 4) is 33.8 Å².